The smallest absolute Gasteiger partial charge is 0.264 e. The second-order valence-electron chi connectivity index (χ2n) is 7.69. The molecule has 27 heavy (non-hydrogen) atoms. The van der Waals surface area contributed by atoms with Gasteiger partial charge in [0.2, 0.25) is 0 Å². The van der Waals surface area contributed by atoms with E-state index in [-0.39, 0.29) is 12.5 Å². The third-order valence-corrected chi connectivity index (χ3v) is 5.68. The number of aryl methyl sites for hydroxylation is 3. The zero-order chi connectivity index (χ0) is 19.4. The fourth-order valence-corrected chi connectivity index (χ4v) is 4.50. The quantitative estimate of drug-likeness (QED) is 0.802. The monoisotopic (exact) mass is 387 g/mol. The lowest BCUT2D eigenvalue weighted by atomic mass is 10.0. The van der Waals surface area contributed by atoms with Crippen molar-refractivity contribution in [1.82, 2.24) is 9.88 Å². The molecule has 1 aromatic carbocycles. The zero-order valence-electron chi connectivity index (χ0n) is 16.7. The van der Waals surface area contributed by atoms with Gasteiger partial charge in [-0.3, -0.25) is 15.0 Å². The number of aromatic nitrogens is 1. The summed E-state index contributed by atoms with van der Waals surface area (Å²) in [7, 11) is 0. The number of carbonyl (C=O) groups excluding carboxylic acids is 1. The largest absolute Gasteiger partial charge is 0.483 e. The molecule has 1 aliphatic rings. The first-order chi connectivity index (χ1) is 12.9. The van der Waals surface area contributed by atoms with Gasteiger partial charge in [0.15, 0.2) is 11.7 Å². The van der Waals surface area contributed by atoms with Crippen LogP contribution in [0.5, 0.6) is 5.75 Å². The highest BCUT2D eigenvalue weighted by Gasteiger charge is 2.17. The summed E-state index contributed by atoms with van der Waals surface area (Å²) in [6.45, 7) is 11.5. The molecular formula is C21H29N3O2S. The first-order valence-corrected chi connectivity index (χ1v) is 10.5. The molecule has 146 valence electrons. The van der Waals surface area contributed by atoms with E-state index in [1.807, 2.05) is 19.2 Å². The van der Waals surface area contributed by atoms with Gasteiger partial charge in [-0.05, 0) is 57.2 Å². The second kappa shape index (κ2) is 8.85. The highest BCUT2D eigenvalue weighted by Crippen LogP contribution is 2.25. The van der Waals surface area contributed by atoms with Crippen molar-refractivity contribution in [3.63, 3.8) is 0 Å². The van der Waals surface area contributed by atoms with Gasteiger partial charge in [0.1, 0.15) is 5.75 Å². The van der Waals surface area contributed by atoms with Gasteiger partial charge in [-0.1, -0.05) is 24.6 Å². The van der Waals surface area contributed by atoms with Crippen LogP contribution in [-0.4, -0.2) is 35.5 Å². The number of piperidine rings is 1. The molecule has 1 amide bonds. The average molecular weight is 388 g/mol. The van der Waals surface area contributed by atoms with Crippen molar-refractivity contribution in [3.05, 3.63) is 39.9 Å². The van der Waals surface area contributed by atoms with E-state index in [1.54, 1.807) is 0 Å². The second-order valence-corrected chi connectivity index (χ2v) is 8.55. The highest BCUT2D eigenvalue weighted by molar-refractivity contribution is 7.13. The molecule has 0 radical (unpaired) electrons. The highest BCUT2D eigenvalue weighted by atomic mass is 32.1. The number of likely N-dealkylation sites (tertiary alicyclic amines) is 1. The maximum Gasteiger partial charge on any atom is 0.264 e. The van der Waals surface area contributed by atoms with E-state index in [1.165, 1.54) is 29.7 Å². The summed E-state index contributed by atoms with van der Waals surface area (Å²) in [5.74, 6) is 1.36. The van der Waals surface area contributed by atoms with Crippen LogP contribution in [0.1, 0.15) is 42.1 Å². The molecule has 0 bridgehead atoms. The van der Waals surface area contributed by atoms with E-state index in [4.69, 9.17) is 4.74 Å². The van der Waals surface area contributed by atoms with Gasteiger partial charge in [0.05, 0.1) is 5.69 Å². The number of ether oxygens (including phenoxy) is 1. The third kappa shape index (κ3) is 5.53. The fraction of sp³-hybridized carbons (Fsp3) is 0.524. The predicted octanol–water partition coefficient (Wildman–Crippen LogP) is 4.32. The number of rotatable bonds is 6. The standard InChI is InChI=1S/C21H29N3O2S/c1-14-6-5-7-24(10-14)11-18-13-27-21(22-18)23-19(25)12-26-20-16(3)8-15(2)9-17(20)4/h8-9,13-14H,5-7,10-12H2,1-4H3,(H,22,23,25). The Balaban J connectivity index is 1.51. The van der Waals surface area contributed by atoms with Gasteiger partial charge in [0.25, 0.3) is 5.91 Å². The molecule has 1 atom stereocenters. The fourth-order valence-electron chi connectivity index (χ4n) is 3.78. The van der Waals surface area contributed by atoms with Crippen molar-refractivity contribution in [2.75, 3.05) is 25.0 Å². The SMILES string of the molecule is Cc1cc(C)c(OCC(=O)Nc2nc(CN3CCCC(C)C3)cs2)c(C)c1. The van der Waals surface area contributed by atoms with E-state index in [2.05, 4.69) is 41.2 Å². The van der Waals surface area contributed by atoms with Crippen molar-refractivity contribution in [1.29, 1.82) is 0 Å². The summed E-state index contributed by atoms with van der Waals surface area (Å²) < 4.78 is 5.75. The molecule has 5 nitrogen and oxygen atoms in total. The molecule has 2 aromatic rings. The molecule has 6 heteroatoms. The molecule has 1 aromatic heterocycles. The summed E-state index contributed by atoms with van der Waals surface area (Å²) in [6.07, 6.45) is 2.57. The minimum absolute atomic E-state index is 0.0106. The molecule has 1 aliphatic heterocycles. The van der Waals surface area contributed by atoms with Crippen molar-refractivity contribution in [3.8, 4) is 5.75 Å². The lowest BCUT2D eigenvalue weighted by Gasteiger charge is -2.30. The van der Waals surface area contributed by atoms with Crippen LogP contribution in [0, 0.1) is 26.7 Å². The number of benzene rings is 1. The Morgan fingerprint density at radius 3 is 2.78 bits per heavy atom. The van der Waals surface area contributed by atoms with Crippen LogP contribution in [-0.2, 0) is 11.3 Å². The van der Waals surface area contributed by atoms with E-state index in [0.29, 0.717) is 5.13 Å². The van der Waals surface area contributed by atoms with Gasteiger partial charge in [-0.15, -0.1) is 11.3 Å². The Morgan fingerprint density at radius 2 is 2.07 bits per heavy atom. The number of nitrogens with zero attached hydrogens (tertiary/aromatic N) is 2. The topological polar surface area (TPSA) is 54.5 Å². The van der Waals surface area contributed by atoms with Crippen molar-refractivity contribution >= 4 is 22.4 Å². The molecule has 1 fully saturated rings. The Morgan fingerprint density at radius 1 is 1.33 bits per heavy atom. The van der Waals surface area contributed by atoms with Crippen LogP contribution in [0.15, 0.2) is 17.5 Å². The van der Waals surface area contributed by atoms with Gasteiger partial charge in [-0.25, -0.2) is 4.98 Å². The van der Waals surface area contributed by atoms with Gasteiger partial charge >= 0.3 is 0 Å². The van der Waals surface area contributed by atoms with Crippen LogP contribution in [0.25, 0.3) is 0 Å². The van der Waals surface area contributed by atoms with Crippen LogP contribution in [0.3, 0.4) is 0 Å². The maximum absolute atomic E-state index is 12.2. The van der Waals surface area contributed by atoms with Crippen LogP contribution in [0.4, 0.5) is 5.13 Å². The molecule has 1 N–H and O–H groups in total. The molecule has 1 unspecified atom stereocenters. The Labute approximate surface area is 165 Å². The normalized spacial score (nSPS) is 17.7. The maximum atomic E-state index is 12.2. The van der Waals surface area contributed by atoms with Crippen LogP contribution >= 0.6 is 11.3 Å². The van der Waals surface area contributed by atoms with Crippen LogP contribution < -0.4 is 10.1 Å². The zero-order valence-corrected chi connectivity index (χ0v) is 17.5. The molecule has 0 saturated carbocycles. The number of thiazole rings is 1. The Bertz CT molecular complexity index is 779. The number of hydrogen-bond acceptors (Lipinski definition) is 5. The molecular weight excluding hydrogens is 358 g/mol. The van der Waals surface area contributed by atoms with Crippen LogP contribution in [0.2, 0.25) is 0 Å². The van der Waals surface area contributed by atoms with Crippen molar-refractivity contribution in [2.45, 2.75) is 47.1 Å². The molecule has 3 rings (SSSR count). The number of amides is 1. The van der Waals surface area contributed by atoms with E-state index < -0.39 is 0 Å². The van der Waals surface area contributed by atoms with E-state index in [9.17, 15) is 4.79 Å². The Kier molecular flexibility index (Phi) is 6.50. The van der Waals surface area contributed by atoms with E-state index in [0.717, 1.165) is 48.1 Å². The van der Waals surface area contributed by atoms with Gasteiger partial charge < -0.3 is 4.74 Å². The minimum Gasteiger partial charge on any atom is -0.483 e. The number of carbonyl (C=O) groups is 1. The number of hydrogen-bond donors (Lipinski definition) is 1. The first kappa shape index (κ1) is 19.8. The lowest BCUT2D eigenvalue weighted by Crippen LogP contribution is -2.33. The minimum atomic E-state index is -0.179. The molecule has 0 spiro atoms. The summed E-state index contributed by atoms with van der Waals surface area (Å²) in [5.41, 5.74) is 4.32. The summed E-state index contributed by atoms with van der Waals surface area (Å²) in [4.78, 5) is 19.2. The van der Waals surface area contributed by atoms with Gasteiger partial charge in [-0.2, -0.15) is 0 Å². The van der Waals surface area contributed by atoms with Crippen molar-refractivity contribution in [2.24, 2.45) is 5.92 Å². The molecule has 2 heterocycles. The summed E-state index contributed by atoms with van der Waals surface area (Å²) in [5, 5.41) is 5.53. The number of anilines is 1. The lowest BCUT2D eigenvalue weighted by molar-refractivity contribution is -0.118. The summed E-state index contributed by atoms with van der Waals surface area (Å²) in [6, 6.07) is 4.13. The average Bonchev–Trinajstić information content (AvgIpc) is 3.00. The van der Waals surface area contributed by atoms with Crippen molar-refractivity contribution < 1.29 is 9.53 Å². The van der Waals surface area contributed by atoms with E-state index >= 15 is 0 Å². The summed E-state index contributed by atoms with van der Waals surface area (Å²) >= 11 is 1.47. The Hall–Kier alpha value is -1.92. The first-order valence-electron chi connectivity index (χ1n) is 9.58. The molecule has 0 aliphatic carbocycles. The number of nitrogens with one attached hydrogen (secondary N) is 1. The third-order valence-electron chi connectivity index (χ3n) is 4.88. The van der Waals surface area contributed by atoms with Gasteiger partial charge in [0, 0.05) is 18.5 Å². The molecule has 1 saturated heterocycles. The predicted molar refractivity (Wildman–Crippen MR) is 111 cm³/mol.